The molecular formula is C26H24ClN3O4. The number of aromatic hydroxyl groups is 1. The third kappa shape index (κ3) is 3.72. The van der Waals surface area contributed by atoms with Gasteiger partial charge in [0.1, 0.15) is 25.1 Å². The van der Waals surface area contributed by atoms with Crippen molar-refractivity contribution in [1.82, 2.24) is 9.58 Å². The van der Waals surface area contributed by atoms with Crippen LogP contribution in [-0.4, -0.2) is 39.9 Å². The van der Waals surface area contributed by atoms with Gasteiger partial charge in [-0.3, -0.25) is 19.3 Å². The summed E-state index contributed by atoms with van der Waals surface area (Å²) in [5, 5.41) is 13.2. The van der Waals surface area contributed by atoms with Gasteiger partial charge in [0.15, 0.2) is 11.4 Å². The van der Waals surface area contributed by atoms with Crippen molar-refractivity contribution in [2.45, 2.75) is 25.4 Å². The third-order valence-electron chi connectivity index (χ3n) is 6.29. The molecule has 0 radical (unpaired) electrons. The molecule has 2 aliphatic heterocycles. The minimum absolute atomic E-state index is 0.0535. The minimum Gasteiger partial charge on any atom is -0.502 e. The number of halogens is 1. The Hall–Kier alpha value is -3.71. The van der Waals surface area contributed by atoms with Crippen LogP contribution in [0.4, 0.5) is 0 Å². The molecule has 34 heavy (non-hydrogen) atoms. The van der Waals surface area contributed by atoms with Gasteiger partial charge in [-0.25, -0.2) is 0 Å². The summed E-state index contributed by atoms with van der Waals surface area (Å²) >= 11 is 6.32. The van der Waals surface area contributed by atoms with E-state index in [-0.39, 0.29) is 18.4 Å². The van der Waals surface area contributed by atoms with Crippen LogP contribution in [0.2, 0.25) is 5.02 Å². The van der Waals surface area contributed by atoms with E-state index >= 15 is 0 Å². The maximum atomic E-state index is 13.5. The first kappa shape index (κ1) is 22.1. The van der Waals surface area contributed by atoms with Gasteiger partial charge in [0, 0.05) is 22.8 Å². The number of nitrogens with zero attached hydrogens (tertiary/aromatic N) is 3. The molecule has 0 saturated carbocycles. The van der Waals surface area contributed by atoms with Crippen LogP contribution in [0.25, 0.3) is 0 Å². The number of amides is 1. The number of aromatic nitrogens is 1. The molecule has 2 atom stereocenters. The molecule has 3 aromatic rings. The second kappa shape index (κ2) is 8.91. The predicted molar refractivity (Wildman–Crippen MR) is 130 cm³/mol. The normalized spacial score (nSPS) is 20.6. The van der Waals surface area contributed by atoms with Crippen molar-refractivity contribution in [3.8, 4) is 11.5 Å². The second-order valence-electron chi connectivity index (χ2n) is 8.29. The number of hydrogen-bond donors (Lipinski definition) is 1. The number of rotatable bonds is 2. The summed E-state index contributed by atoms with van der Waals surface area (Å²) in [4.78, 5) is 27.6. The number of carbonyl (C=O) groups excluding carboxylic acids is 1. The highest BCUT2D eigenvalue weighted by atomic mass is 35.5. The largest absolute Gasteiger partial charge is 0.502 e. The molecule has 0 unspecified atom stereocenters. The first-order valence-electron chi connectivity index (χ1n) is 11.2. The van der Waals surface area contributed by atoms with E-state index in [0.29, 0.717) is 23.8 Å². The number of ether oxygens (including phenoxy) is 1. The molecule has 0 aliphatic carbocycles. The van der Waals surface area contributed by atoms with E-state index in [9.17, 15) is 14.7 Å². The van der Waals surface area contributed by atoms with Crippen LogP contribution in [-0.2, 0) is 0 Å². The zero-order chi connectivity index (χ0) is 23.8. The van der Waals surface area contributed by atoms with Crippen molar-refractivity contribution in [1.29, 1.82) is 0 Å². The van der Waals surface area contributed by atoms with E-state index in [0.717, 1.165) is 11.1 Å². The monoisotopic (exact) mass is 477 g/mol. The zero-order valence-corrected chi connectivity index (χ0v) is 19.4. The summed E-state index contributed by atoms with van der Waals surface area (Å²) in [6, 6.07) is 16.0. The van der Waals surface area contributed by atoms with Gasteiger partial charge in [-0.2, -0.15) is 0 Å². The van der Waals surface area contributed by atoms with Gasteiger partial charge in [-0.1, -0.05) is 61.0 Å². The molecule has 0 saturated heterocycles. The Labute approximate surface area is 202 Å². The highest BCUT2D eigenvalue weighted by Gasteiger charge is 2.39. The maximum absolute atomic E-state index is 13.5. The quantitative estimate of drug-likeness (QED) is 0.563. The van der Waals surface area contributed by atoms with Crippen molar-refractivity contribution in [3.05, 3.63) is 105 Å². The van der Waals surface area contributed by atoms with E-state index in [1.807, 2.05) is 60.5 Å². The van der Waals surface area contributed by atoms with Crippen molar-refractivity contribution in [3.63, 3.8) is 0 Å². The molecule has 8 heteroatoms. The summed E-state index contributed by atoms with van der Waals surface area (Å²) in [6.45, 7) is 2.53. The zero-order valence-electron chi connectivity index (χ0n) is 18.6. The van der Waals surface area contributed by atoms with E-state index in [1.54, 1.807) is 21.7 Å². The maximum Gasteiger partial charge on any atom is 0.278 e. The molecule has 174 valence electrons. The number of fused-ring (bicyclic) bond motifs is 5. The fraction of sp³-hybridized carbons (Fsp3) is 0.231. The Balaban J connectivity index is 1.82. The lowest BCUT2D eigenvalue weighted by Crippen LogP contribution is -2.57. The third-order valence-corrected chi connectivity index (χ3v) is 6.52. The van der Waals surface area contributed by atoms with Crippen molar-refractivity contribution < 1.29 is 14.6 Å². The number of hydrogen-bond acceptors (Lipinski definition) is 5. The molecule has 0 fully saturated rings. The molecule has 1 aromatic heterocycles. The Morgan fingerprint density at radius 1 is 1.12 bits per heavy atom. The SMILES string of the molecule is CC[C@H]1/C=C\COc2cc(Cl)ccc2[C@@H](c2ccccc2)N2CN1C(=O)c1c(O)c(=O)ccn12. The fourth-order valence-electron chi connectivity index (χ4n) is 4.63. The van der Waals surface area contributed by atoms with E-state index in [2.05, 4.69) is 0 Å². The molecule has 2 aliphatic rings. The van der Waals surface area contributed by atoms with E-state index < -0.39 is 23.1 Å². The lowest BCUT2D eigenvalue weighted by Gasteiger charge is -2.45. The molecule has 3 heterocycles. The molecule has 2 bridgehead atoms. The summed E-state index contributed by atoms with van der Waals surface area (Å²) in [6.07, 6.45) is 6.00. The Morgan fingerprint density at radius 2 is 1.91 bits per heavy atom. The Bertz CT molecular complexity index is 1320. The van der Waals surface area contributed by atoms with E-state index in [1.165, 1.54) is 12.3 Å². The first-order valence-corrected chi connectivity index (χ1v) is 11.5. The summed E-state index contributed by atoms with van der Waals surface area (Å²) < 4.78 is 7.72. The van der Waals surface area contributed by atoms with Gasteiger partial charge < -0.3 is 14.7 Å². The number of benzene rings is 2. The molecule has 1 amide bonds. The van der Waals surface area contributed by atoms with Crippen molar-refractivity contribution in [2.75, 3.05) is 18.3 Å². The van der Waals surface area contributed by atoms with Gasteiger partial charge in [0.2, 0.25) is 5.43 Å². The van der Waals surface area contributed by atoms with Crippen LogP contribution in [0.3, 0.4) is 0 Å². The van der Waals surface area contributed by atoms with Crippen molar-refractivity contribution >= 4 is 17.5 Å². The summed E-state index contributed by atoms with van der Waals surface area (Å²) in [5.41, 5.74) is 1.15. The molecular weight excluding hydrogens is 454 g/mol. The Kier molecular flexibility index (Phi) is 5.79. The second-order valence-corrected chi connectivity index (χ2v) is 8.72. The fourth-order valence-corrected chi connectivity index (χ4v) is 4.80. The van der Waals surface area contributed by atoms with Crippen LogP contribution >= 0.6 is 11.6 Å². The molecule has 5 rings (SSSR count). The lowest BCUT2D eigenvalue weighted by molar-refractivity contribution is 0.0626. The molecule has 2 aromatic carbocycles. The van der Waals surface area contributed by atoms with Crippen LogP contribution < -0.4 is 15.2 Å². The number of pyridine rings is 1. The van der Waals surface area contributed by atoms with Gasteiger partial charge in [-0.15, -0.1) is 0 Å². The van der Waals surface area contributed by atoms with Gasteiger partial charge in [0.05, 0.1) is 6.04 Å². The van der Waals surface area contributed by atoms with E-state index in [4.69, 9.17) is 16.3 Å². The smallest absolute Gasteiger partial charge is 0.278 e. The lowest BCUT2D eigenvalue weighted by atomic mass is 9.97. The summed E-state index contributed by atoms with van der Waals surface area (Å²) in [7, 11) is 0. The minimum atomic E-state index is -0.596. The van der Waals surface area contributed by atoms with Crippen LogP contribution in [0, 0.1) is 0 Å². The topological polar surface area (TPSA) is 75.0 Å². The Morgan fingerprint density at radius 3 is 2.68 bits per heavy atom. The highest BCUT2D eigenvalue weighted by molar-refractivity contribution is 6.30. The van der Waals surface area contributed by atoms with Gasteiger partial charge in [0.25, 0.3) is 5.91 Å². The van der Waals surface area contributed by atoms with Crippen LogP contribution in [0.15, 0.2) is 77.7 Å². The molecule has 1 N–H and O–H groups in total. The highest BCUT2D eigenvalue weighted by Crippen LogP contribution is 2.38. The molecule has 0 spiro atoms. The van der Waals surface area contributed by atoms with Crippen LogP contribution in [0.5, 0.6) is 11.5 Å². The first-order chi connectivity index (χ1) is 16.5. The standard InChI is InChI=1S/C26H24ClN3O4/c1-2-19-9-6-14-34-22-15-18(27)10-11-20(22)23(17-7-4-3-5-8-17)30-16-28(19)26(33)24-25(32)21(31)12-13-29(24)30/h3-13,15,19,23,32H,2,14,16H2,1H3/b9-6-/t19-,23+/m0/s1. The predicted octanol–water partition coefficient (Wildman–Crippen LogP) is 4.08. The van der Waals surface area contributed by atoms with Crippen molar-refractivity contribution in [2.24, 2.45) is 0 Å². The average molecular weight is 478 g/mol. The number of carbonyl (C=O) groups is 1. The van der Waals surface area contributed by atoms with Gasteiger partial charge >= 0.3 is 0 Å². The average Bonchev–Trinajstić information content (AvgIpc) is 2.87. The summed E-state index contributed by atoms with van der Waals surface area (Å²) in [5.74, 6) is -0.335. The molecule has 7 nitrogen and oxygen atoms in total. The van der Waals surface area contributed by atoms with Crippen LogP contribution in [0.1, 0.15) is 41.0 Å². The van der Waals surface area contributed by atoms with Gasteiger partial charge in [-0.05, 0) is 30.2 Å².